The van der Waals surface area contributed by atoms with Gasteiger partial charge in [-0.15, -0.1) is 0 Å². The summed E-state index contributed by atoms with van der Waals surface area (Å²) in [7, 11) is 1.64. The smallest absolute Gasteiger partial charge is 0.293 e. The number of hydrogen-bond donors (Lipinski definition) is 2. The fourth-order valence-electron chi connectivity index (χ4n) is 2.22. The van der Waals surface area contributed by atoms with Gasteiger partial charge in [-0.25, -0.2) is 5.43 Å². The molecule has 0 aromatic heterocycles. The molecule has 0 unspecified atom stereocenters. The number of carbonyl (C=O) groups is 2. The number of allylic oxidation sites excluding steroid dienone is 4. The van der Waals surface area contributed by atoms with Gasteiger partial charge < -0.3 is 14.2 Å². The van der Waals surface area contributed by atoms with Crippen molar-refractivity contribution in [2.24, 2.45) is 0 Å². The monoisotopic (exact) mass is 412 g/mol. The molecule has 7 heteroatoms. The Morgan fingerprint density at radius 2 is 1.79 bits per heavy atom. The molecule has 0 saturated carbocycles. The summed E-state index contributed by atoms with van der Waals surface area (Å²) < 4.78 is 15.8. The first kappa shape index (κ1) is 28.9. The molecule has 0 spiro atoms. The normalized spacial score (nSPS) is 14.7. The van der Waals surface area contributed by atoms with E-state index in [2.05, 4.69) is 41.6 Å². The van der Waals surface area contributed by atoms with Crippen LogP contribution in [-0.4, -0.2) is 38.2 Å². The lowest BCUT2D eigenvalue weighted by Crippen LogP contribution is -2.31. The Balaban J connectivity index is 0. The van der Waals surface area contributed by atoms with Crippen molar-refractivity contribution < 1.29 is 23.8 Å². The van der Waals surface area contributed by atoms with E-state index in [1.54, 1.807) is 7.05 Å². The Bertz CT molecular complexity index is 572. The maximum Gasteiger partial charge on any atom is 0.293 e. The van der Waals surface area contributed by atoms with Gasteiger partial charge in [0, 0.05) is 19.5 Å². The van der Waals surface area contributed by atoms with Crippen LogP contribution in [0.5, 0.6) is 0 Å². The molecule has 1 amide bonds. The molecule has 0 aromatic carbocycles. The van der Waals surface area contributed by atoms with Gasteiger partial charge in [0.05, 0.1) is 0 Å². The van der Waals surface area contributed by atoms with Gasteiger partial charge in [-0.2, -0.15) is 0 Å². The predicted octanol–water partition coefficient (Wildman–Crippen LogP) is 4.17. The molecule has 1 aliphatic heterocycles. The maximum absolute atomic E-state index is 9.87. The molecule has 168 valence electrons. The Morgan fingerprint density at radius 3 is 2.17 bits per heavy atom. The number of fused-ring (bicyclic) bond motifs is 1. The summed E-state index contributed by atoms with van der Waals surface area (Å²) in [4.78, 5) is 19.5. The van der Waals surface area contributed by atoms with E-state index in [4.69, 9.17) is 9.47 Å². The van der Waals surface area contributed by atoms with Crippen molar-refractivity contribution >= 4 is 12.4 Å². The minimum absolute atomic E-state index is 0.0718. The van der Waals surface area contributed by atoms with Crippen LogP contribution in [0.3, 0.4) is 0 Å². The summed E-state index contributed by atoms with van der Waals surface area (Å²) in [5, 5.41) is 0. The molecule has 2 rings (SSSR count). The van der Waals surface area contributed by atoms with E-state index >= 15 is 0 Å². The van der Waals surface area contributed by atoms with Gasteiger partial charge in [0.1, 0.15) is 18.8 Å². The van der Waals surface area contributed by atoms with Gasteiger partial charge >= 0.3 is 0 Å². The number of carbonyl (C=O) groups excluding carboxylic acids is 2. The third-order valence-corrected chi connectivity index (χ3v) is 3.34. The Labute approximate surface area is 176 Å². The second kappa shape index (κ2) is 16.7. The van der Waals surface area contributed by atoms with Crippen molar-refractivity contribution in [2.75, 3.05) is 20.3 Å². The third kappa shape index (κ3) is 14.4. The molecule has 0 bridgehead atoms. The van der Waals surface area contributed by atoms with Crippen molar-refractivity contribution in [2.45, 2.75) is 73.8 Å². The first-order valence-corrected chi connectivity index (χ1v) is 10.1. The number of amides is 1. The molecule has 1 fully saturated rings. The van der Waals surface area contributed by atoms with Crippen LogP contribution < -0.4 is 10.9 Å². The fourth-order valence-corrected chi connectivity index (χ4v) is 2.22. The number of ether oxygens (including phenoxy) is 3. The molecule has 2 N–H and O–H groups in total. The number of hydrazine groups is 1. The van der Waals surface area contributed by atoms with E-state index < -0.39 is 0 Å². The quantitative estimate of drug-likeness (QED) is 0.534. The summed E-state index contributed by atoms with van der Waals surface area (Å²) in [6, 6.07) is 0. The topological polar surface area (TPSA) is 85.9 Å². The average molecular weight is 413 g/mol. The molecule has 1 aliphatic carbocycles. The second-order valence-electron chi connectivity index (χ2n) is 6.81. The molecule has 1 saturated heterocycles. The summed E-state index contributed by atoms with van der Waals surface area (Å²) >= 11 is 0. The molecule has 2 aliphatic rings. The van der Waals surface area contributed by atoms with Crippen molar-refractivity contribution in [3.63, 3.8) is 0 Å². The number of hydrogen-bond acceptors (Lipinski definition) is 6. The fraction of sp³-hybridized carbons (Fsp3) is 0.636. The van der Waals surface area contributed by atoms with E-state index in [0.29, 0.717) is 19.7 Å². The standard InChI is InChI=1S/C12H16O2.C5H10O2.C3H8N2O.C2H6/c1-3-10-9(2)5-4-6-11-12(10)14-8-7-13-11;1-5(2,3)7-4-6;1-3(6)5-4-2;1-2/h5-6H,3-4,7-8H2,1-2H3;4H,1-3H3;4H,1-2H3,(H,5,6);1-2H3. The molecule has 29 heavy (non-hydrogen) atoms. The lowest BCUT2D eigenvalue weighted by atomic mass is 10.0. The van der Waals surface area contributed by atoms with Crippen LogP contribution in [-0.2, 0) is 23.8 Å². The maximum atomic E-state index is 9.87. The highest BCUT2D eigenvalue weighted by molar-refractivity contribution is 5.72. The van der Waals surface area contributed by atoms with Crippen LogP contribution in [0.25, 0.3) is 0 Å². The van der Waals surface area contributed by atoms with Crippen LogP contribution in [0.1, 0.15) is 68.2 Å². The van der Waals surface area contributed by atoms with Gasteiger partial charge in [-0.05, 0) is 52.2 Å². The highest BCUT2D eigenvalue weighted by atomic mass is 16.6. The van der Waals surface area contributed by atoms with E-state index in [9.17, 15) is 9.59 Å². The van der Waals surface area contributed by atoms with Crippen LogP contribution in [0.15, 0.2) is 34.8 Å². The summed E-state index contributed by atoms with van der Waals surface area (Å²) in [5.74, 6) is 1.82. The van der Waals surface area contributed by atoms with Gasteiger partial charge in [0.15, 0.2) is 11.5 Å². The number of rotatable bonds is 3. The predicted molar refractivity (Wildman–Crippen MR) is 117 cm³/mol. The van der Waals surface area contributed by atoms with Gasteiger partial charge in [0.25, 0.3) is 6.47 Å². The summed E-state index contributed by atoms with van der Waals surface area (Å²) in [5.41, 5.74) is 7.07. The minimum atomic E-state index is -0.318. The molecule has 0 aromatic rings. The van der Waals surface area contributed by atoms with Gasteiger partial charge in [0.2, 0.25) is 5.91 Å². The molecule has 0 radical (unpaired) electrons. The van der Waals surface area contributed by atoms with E-state index in [1.165, 1.54) is 18.1 Å². The largest absolute Gasteiger partial charge is 0.486 e. The van der Waals surface area contributed by atoms with Crippen molar-refractivity contribution in [1.29, 1.82) is 0 Å². The van der Waals surface area contributed by atoms with E-state index in [-0.39, 0.29) is 11.5 Å². The summed E-state index contributed by atoms with van der Waals surface area (Å²) in [6.45, 7) is 17.0. The Hall–Kier alpha value is -2.28. The molecule has 1 heterocycles. The molecule has 7 nitrogen and oxygen atoms in total. The van der Waals surface area contributed by atoms with Crippen LogP contribution in [0.2, 0.25) is 0 Å². The molecule has 0 atom stereocenters. The minimum Gasteiger partial charge on any atom is -0.486 e. The van der Waals surface area contributed by atoms with Crippen LogP contribution in [0.4, 0.5) is 0 Å². The van der Waals surface area contributed by atoms with Crippen molar-refractivity contribution in [1.82, 2.24) is 10.9 Å². The highest BCUT2D eigenvalue weighted by Crippen LogP contribution is 2.30. The zero-order valence-corrected chi connectivity index (χ0v) is 19.6. The second-order valence-corrected chi connectivity index (χ2v) is 6.81. The van der Waals surface area contributed by atoms with Crippen LogP contribution >= 0.6 is 0 Å². The van der Waals surface area contributed by atoms with Gasteiger partial charge in [-0.1, -0.05) is 26.8 Å². The first-order valence-electron chi connectivity index (χ1n) is 10.1. The number of nitrogens with one attached hydrogen (secondary N) is 2. The average Bonchev–Trinajstić information content (AvgIpc) is 2.81. The zero-order valence-electron chi connectivity index (χ0n) is 19.6. The lowest BCUT2D eigenvalue weighted by molar-refractivity contribution is -0.138. The summed E-state index contributed by atoms with van der Waals surface area (Å²) in [6.07, 6.45) is 6.26. The van der Waals surface area contributed by atoms with E-state index in [0.717, 1.165) is 24.4 Å². The van der Waals surface area contributed by atoms with Crippen molar-refractivity contribution in [3.8, 4) is 0 Å². The van der Waals surface area contributed by atoms with E-state index in [1.807, 2.05) is 34.6 Å². The highest BCUT2D eigenvalue weighted by Gasteiger charge is 2.20. The lowest BCUT2D eigenvalue weighted by Gasteiger charge is -2.23. The molecular formula is C22H40N2O5. The Kier molecular flexibility index (Phi) is 16.6. The zero-order chi connectivity index (χ0) is 22.9. The molecular weight excluding hydrogens is 372 g/mol. The SMILES string of the molecule is CC.CC(C)(C)OC=O.CCC1=C2OCCOC2=CCC=C1C.CNNC(C)=O. The Morgan fingerprint density at radius 1 is 1.21 bits per heavy atom. The van der Waals surface area contributed by atoms with Gasteiger partial charge in [-0.3, -0.25) is 15.0 Å². The van der Waals surface area contributed by atoms with Crippen LogP contribution in [0, 0.1) is 0 Å². The third-order valence-electron chi connectivity index (χ3n) is 3.34. The van der Waals surface area contributed by atoms with Crippen molar-refractivity contribution in [3.05, 3.63) is 34.8 Å². The first-order chi connectivity index (χ1) is 13.7.